The van der Waals surface area contributed by atoms with E-state index < -0.39 is 0 Å². The van der Waals surface area contributed by atoms with E-state index >= 15 is 0 Å². The van der Waals surface area contributed by atoms with Gasteiger partial charge in [-0.15, -0.1) is 0 Å². The molecule has 0 amide bonds. The summed E-state index contributed by atoms with van der Waals surface area (Å²) in [7, 11) is 0. The summed E-state index contributed by atoms with van der Waals surface area (Å²) in [6, 6.07) is 10.3. The molecule has 0 fully saturated rings. The van der Waals surface area contributed by atoms with Crippen LogP contribution < -0.4 is 0 Å². The van der Waals surface area contributed by atoms with Gasteiger partial charge in [-0.25, -0.2) is 0 Å². The molecule has 0 saturated carbocycles. The van der Waals surface area contributed by atoms with Gasteiger partial charge >= 0.3 is 0 Å². The van der Waals surface area contributed by atoms with E-state index in [0.717, 1.165) is 31.1 Å². The maximum absolute atomic E-state index is 11.0. The molecule has 0 spiro atoms. The molecule has 0 bridgehead atoms. The molecule has 0 saturated heterocycles. The summed E-state index contributed by atoms with van der Waals surface area (Å²) in [4.78, 5) is 11.0. The third-order valence-electron chi connectivity index (χ3n) is 3.03. The zero-order valence-corrected chi connectivity index (χ0v) is 8.91. The second-order valence-corrected chi connectivity index (χ2v) is 4.05. The van der Waals surface area contributed by atoms with Gasteiger partial charge in [-0.1, -0.05) is 36.8 Å². The molecule has 1 aromatic carbocycles. The predicted molar refractivity (Wildman–Crippen MR) is 62.5 cm³/mol. The molecule has 2 rings (SSSR count). The lowest BCUT2D eigenvalue weighted by Crippen LogP contribution is -1.91. The highest BCUT2D eigenvalue weighted by atomic mass is 16.1. The van der Waals surface area contributed by atoms with Gasteiger partial charge < -0.3 is 0 Å². The third kappa shape index (κ3) is 2.35. The molecule has 15 heavy (non-hydrogen) atoms. The molecule has 78 valence electrons. The van der Waals surface area contributed by atoms with E-state index in [1.54, 1.807) is 0 Å². The second-order valence-electron chi connectivity index (χ2n) is 4.05. The van der Waals surface area contributed by atoms with Crippen LogP contribution in [0.5, 0.6) is 0 Å². The highest BCUT2D eigenvalue weighted by Crippen LogP contribution is 2.29. The fraction of sp³-hybridized carbons (Fsp3) is 0.357. The Morgan fingerprint density at radius 1 is 0.933 bits per heavy atom. The van der Waals surface area contributed by atoms with Crippen LogP contribution in [-0.4, -0.2) is 6.29 Å². The van der Waals surface area contributed by atoms with Crippen molar-refractivity contribution in [3.8, 4) is 0 Å². The average molecular weight is 200 g/mol. The first-order valence-corrected chi connectivity index (χ1v) is 5.64. The SMILES string of the molecule is O=CC1=C(c2ccccc2)CCCCC1. The van der Waals surface area contributed by atoms with Crippen LogP contribution in [0.25, 0.3) is 5.57 Å². The van der Waals surface area contributed by atoms with Crippen molar-refractivity contribution in [2.45, 2.75) is 32.1 Å². The van der Waals surface area contributed by atoms with E-state index in [0.29, 0.717) is 0 Å². The van der Waals surface area contributed by atoms with Crippen LogP contribution in [0.2, 0.25) is 0 Å². The van der Waals surface area contributed by atoms with Crippen molar-refractivity contribution in [2.24, 2.45) is 0 Å². The summed E-state index contributed by atoms with van der Waals surface area (Å²) in [5.74, 6) is 0. The number of rotatable bonds is 2. The topological polar surface area (TPSA) is 17.1 Å². The van der Waals surface area contributed by atoms with E-state index in [1.807, 2.05) is 18.2 Å². The lowest BCUT2D eigenvalue weighted by atomic mass is 9.97. The van der Waals surface area contributed by atoms with E-state index in [-0.39, 0.29) is 0 Å². The number of allylic oxidation sites excluding steroid dienone is 2. The fourth-order valence-electron chi connectivity index (χ4n) is 2.20. The first-order valence-electron chi connectivity index (χ1n) is 5.64. The minimum atomic E-state index is 0.952. The van der Waals surface area contributed by atoms with E-state index in [1.165, 1.54) is 24.0 Å². The zero-order valence-electron chi connectivity index (χ0n) is 8.91. The van der Waals surface area contributed by atoms with Crippen molar-refractivity contribution in [3.63, 3.8) is 0 Å². The van der Waals surface area contributed by atoms with Gasteiger partial charge in [0.2, 0.25) is 0 Å². The Hall–Kier alpha value is -1.37. The van der Waals surface area contributed by atoms with Crippen LogP contribution in [0, 0.1) is 0 Å². The van der Waals surface area contributed by atoms with Gasteiger partial charge in [0.25, 0.3) is 0 Å². The maximum Gasteiger partial charge on any atom is 0.146 e. The van der Waals surface area contributed by atoms with Gasteiger partial charge in [0, 0.05) is 0 Å². The molecule has 0 N–H and O–H groups in total. The van der Waals surface area contributed by atoms with E-state index in [9.17, 15) is 4.79 Å². The van der Waals surface area contributed by atoms with Crippen molar-refractivity contribution < 1.29 is 4.79 Å². The second kappa shape index (κ2) is 4.92. The number of aldehydes is 1. The van der Waals surface area contributed by atoms with Crippen LogP contribution in [-0.2, 0) is 4.79 Å². The molecule has 1 aliphatic rings. The summed E-state index contributed by atoms with van der Waals surface area (Å²) < 4.78 is 0. The van der Waals surface area contributed by atoms with Crippen LogP contribution in [0.1, 0.15) is 37.7 Å². The van der Waals surface area contributed by atoms with Gasteiger partial charge in [0.05, 0.1) is 0 Å². The quantitative estimate of drug-likeness (QED) is 0.666. The molecule has 0 atom stereocenters. The van der Waals surface area contributed by atoms with Crippen LogP contribution in [0.3, 0.4) is 0 Å². The van der Waals surface area contributed by atoms with Crippen LogP contribution in [0.4, 0.5) is 0 Å². The van der Waals surface area contributed by atoms with Gasteiger partial charge in [-0.2, -0.15) is 0 Å². The first kappa shape index (κ1) is 10.2. The van der Waals surface area contributed by atoms with E-state index in [4.69, 9.17) is 0 Å². The summed E-state index contributed by atoms with van der Waals surface area (Å²) >= 11 is 0. The molecular formula is C14H16O. The minimum Gasteiger partial charge on any atom is -0.298 e. The smallest absolute Gasteiger partial charge is 0.146 e. The van der Waals surface area contributed by atoms with Crippen molar-refractivity contribution in [2.75, 3.05) is 0 Å². The van der Waals surface area contributed by atoms with Gasteiger partial charge in [-0.05, 0) is 42.4 Å². The predicted octanol–water partition coefficient (Wildman–Crippen LogP) is 3.60. The molecule has 1 aromatic rings. The Morgan fingerprint density at radius 2 is 1.67 bits per heavy atom. The lowest BCUT2D eigenvalue weighted by Gasteiger charge is -2.08. The molecule has 0 aliphatic heterocycles. The number of carbonyl (C=O) groups excluding carboxylic acids is 1. The number of benzene rings is 1. The molecule has 0 aromatic heterocycles. The van der Waals surface area contributed by atoms with Gasteiger partial charge in [0.1, 0.15) is 6.29 Å². The van der Waals surface area contributed by atoms with E-state index in [2.05, 4.69) is 12.1 Å². The third-order valence-corrected chi connectivity index (χ3v) is 3.03. The molecule has 1 nitrogen and oxygen atoms in total. The molecular weight excluding hydrogens is 184 g/mol. The Bertz CT molecular complexity index is 362. The fourth-order valence-corrected chi connectivity index (χ4v) is 2.20. The summed E-state index contributed by atoms with van der Waals surface area (Å²) in [5.41, 5.74) is 3.50. The average Bonchev–Trinajstić information content (AvgIpc) is 2.55. The standard InChI is InChI=1S/C14H16O/c15-11-13-9-5-2-6-10-14(13)12-7-3-1-4-8-12/h1,3-4,7-8,11H,2,5-6,9-10H2. The lowest BCUT2D eigenvalue weighted by molar-refractivity contribution is -0.105. The largest absolute Gasteiger partial charge is 0.298 e. The van der Waals surface area contributed by atoms with Crippen LogP contribution in [0.15, 0.2) is 35.9 Å². The van der Waals surface area contributed by atoms with Crippen molar-refractivity contribution >= 4 is 11.9 Å². The minimum absolute atomic E-state index is 0.952. The Kier molecular flexibility index (Phi) is 3.33. The number of hydrogen-bond donors (Lipinski definition) is 0. The van der Waals surface area contributed by atoms with Crippen molar-refractivity contribution in [3.05, 3.63) is 41.5 Å². The van der Waals surface area contributed by atoms with Crippen molar-refractivity contribution in [1.82, 2.24) is 0 Å². The number of hydrogen-bond acceptors (Lipinski definition) is 1. The normalized spacial score (nSPS) is 17.3. The maximum atomic E-state index is 11.0. The molecule has 0 unspecified atom stereocenters. The Morgan fingerprint density at radius 3 is 2.40 bits per heavy atom. The Labute approximate surface area is 90.8 Å². The summed E-state index contributed by atoms with van der Waals surface area (Å²) in [6.45, 7) is 0. The Balaban J connectivity index is 2.38. The van der Waals surface area contributed by atoms with Gasteiger partial charge in [0.15, 0.2) is 0 Å². The number of carbonyl (C=O) groups is 1. The highest BCUT2D eigenvalue weighted by Gasteiger charge is 2.11. The van der Waals surface area contributed by atoms with Crippen LogP contribution >= 0.6 is 0 Å². The monoisotopic (exact) mass is 200 g/mol. The first-order chi connectivity index (χ1) is 7.42. The molecule has 0 radical (unpaired) electrons. The molecule has 1 aliphatic carbocycles. The summed E-state index contributed by atoms with van der Waals surface area (Å²) in [5, 5.41) is 0. The van der Waals surface area contributed by atoms with Crippen molar-refractivity contribution in [1.29, 1.82) is 0 Å². The van der Waals surface area contributed by atoms with Gasteiger partial charge in [-0.3, -0.25) is 4.79 Å². The summed E-state index contributed by atoms with van der Waals surface area (Å²) in [6.07, 6.45) is 6.67. The molecule has 0 heterocycles. The zero-order chi connectivity index (χ0) is 10.5. The highest BCUT2D eigenvalue weighted by molar-refractivity contribution is 5.88. The molecule has 1 heteroatoms.